The third-order valence-electron chi connectivity index (χ3n) is 7.86. The number of hydrogen-bond acceptors (Lipinski definition) is 10. The van der Waals surface area contributed by atoms with Crippen LogP contribution in [-0.4, -0.2) is 109 Å². The zero-order chi connectivity index (χ0) is 33.8. The summed E-state index contributed by atoms with van der Waals surface area (Å²) in [7, 11) is 0. The first-order valence-electron chi connectivity index (χ1n) is 17.4. The van der Waals surface area contributed by atoms with Crippen LogP contribution in [0.2, 0.25) is 0 Å². The molecule has 0 aromatic heterocycles. The highest BCUT2D eigenvalue weighted by atomic mass is 16.7. The van der Waals surface area contributed by atoms with Crippen molar-refractivity contribution in [3.8, 4) is 0 Å². The molecule has 0 bridgehead atoms. The van der Waals surface area contributed by atoms with E-state index in [4.69, 9.17) is 14.2 Å². The van der Waals surface area contributed by atoms with Gasteiger partial charge in [-0.15, -0.1) is 0 Å². The summed E-state index contributed by atoms with van der Waals surface area (Å²) in [5, 5.41) is 37.2. The van der Waals surface area contributed by atoms with E-state index in [2.05, 4.69) is 16.0 Å². The average molecular weight is 660 g/mol. The van der Waals surface area contributed by atoms with Crippen molar-refractivity contribution in [2.24, 2.45) is 0 Å². The number of carbonyl (C=O) groups is 4. The molecule has 1 saturated heterocycles. The van der Waals surface area contributed by atoms with Gasteiger partial charge in [-0.2, -0.15) is 0 Å². The number of Topliss-reactive ketones (excluding diaryl/α,β-unsaturated/α-hetero) is 1. The van der Waals surface area contributed by atoms with Crippen LogP contribution in [0.3, 0.4) is 0 Å². The van der Waals surface area contributed by atoms with E-state index in [0.717, 1.165) is 32.1 Å². The average Bonchev–Trinajstić information content (AvgIpc) is 3.04. The molecule has 0 aromatic rings. The molecular formula is C33H61N3O10. The summed E-state index contributed by atoms with van der Waals surface area (Å²) in [5.41, 5.74) is 0. The number of unbranched alkanes of at least 4 members (excludes halogenated alkanes) is 8. The molecule has 0 unspecified atom stereocenters. The molecule has 0 radical (unpaired) electrons. The third kappa shape index (κ3) is 22.4. The van der Waals surface area contributed by atoms with Crippen LogP contribution >= 0.6 is 0 Å². The van der Waals surface area contributed by atoms with Crippen LogP contribution < -0.4 is 16.0 Å². The van der Waals surface area contributed by atoms with Crippen molar-refractivity contribution >= 4 is 23.5 Å². The van der Waals surface area contributed by atoms with Crippen LogP contribution in [0.1, 0.15) is 116 Å². The molecule has 46 heavy (non-hydrogen) atoms. The van der Waals surface area contributed by atoms with E-state index in [1.807, 2.05) is 6.92 Å². The second-order valence-electron chi connectivity index (χ2n) is 11.9. The Balaban J connectivity index is 1.84. The van der Waals surface area contributed by atoms with E-state index in [-0.39, 0.29) is 37.2 Å². The largest absolute Gasteiger partial charge is 0.394 e. The summed E-state index contributed by atoms with van der Waals surface area (Å²) >= 11 is 0. The van der Waals surface area contributed by atoms with Crippen molar-refractivity contribution in [3.05, 3.63) is 0 Å². The first-order chi connectivity index (χ1) is 22.3. The molecule has 0 aromatic carbocycles. The molecule has 6 N–H and O–H groups in total. The molecule has 1 heterocycles. The second-order valence-corrected chi connectivity index (χ2v) is 11.9. The molecule has 1 aliphatic heterocycles. The number of hydrogen-bond donors (Lipinski definition) is 6. The van der Waals surface area contributed by atoms with Crippen LogP contribution in [0.25, 0.3) is 0 Å². The first kappa shape index (κ1) is 41.9. The second kappa shape index (κ2) is 27.9. The minimum Gasteiger partial charge on any atom is -0.394 e. The monoisotopic (exact) mass is 659 g/mol. The molecule has 0 spiro atoms. The van der Waals surface area contributed by atoms with Crippen LogP contribution in [0, 0.1) is 0 Å². The minimum atomic E-state index is -1.14. The lowest BCUT2D eigenvalue weighted by Crippen LogP contribution is -2.50. The van der Waals surface area contributed by atoms with Crippen LogP contribution in [0.15, 0.2) is 0 Å². The Hall–Kier alpha value is -2.16. The fraction of sp³-hybridized carbons (Fsp3) is 0.879. The van der Waals surface area contributed by atoms with Gasteiger partial charge in [0.25, 0.3) is 0 Å². The summed E-state index contributed by atoms with van der Waals surface area (Å²) < 4.78 is 16.4. The molecule has 1 fully saturated rings. The highest BCUT2D eigenvalue weighted by Gasteiger charge is 2.36. The van der Waals surface area contributed by atoms with Crippen molar-refractivity contribution in [3.63, 3.8) is 0 Å². The lowest BCUT2D eigenvalue weighted by atomic mass is 10.0. The SMILES string of the molecule is CCC(=O)CCCCCCCCCCC(=O)NCCOCCC(=O)NCCCNC(=O)CCCCO[C@H]1C[C@@H](O)[C@@H](O)[C@@H](CO)O1. The highest BCUT2D eigenvalue weighted by molar-refractivity contribution is 5.78. The van der Waals surface area contributed by atoms with Gasteiger partial charge >= 0.3 is 0 Å². The lowest BCUT2D eigenvalue weighted by Gasteiger charge is -2.36. The normalized spacial score (nSPS) is 19.5. The summed E-state index contributed by atoms with van der Waals surface area (Å²) in [6.07, 6.45) is 9.37. The number of aliphatic hydroxyl groups excluding tert-OH is 3. The Morgan fingerprint density at radius 2 is 1.22 bits per heavy atom. The summed E-state index contributed by atoms with van der Waals surface area (Å²) in [6, 6.07) is 0. The molecular weight excluding hydrogens is 598 g/mol. The Morgan fingerprint density at radius 1 is 0.674 bits per heavy atom. The number of carbonyl (C=O) groups excluding carboxylic acids is 4. The van der Waals surface area contributed by atoms with Crippen LogP contribution in [0.4, 0.5) is 0 Å². The van der Waals surface area contributed by atoms with E-state index in [1.165, 1.54) is 19.3 Å². The topological polar surface area (TPSA) is 193 Å². The van der Waals surface area contributed by atoms with Crippen LogP contribution in [0.5, 0.6) is 0 Å². The standard InChI is InChI=1S/C33H61N3O10/c1-2-26(38)14-9-7-5-3-4-6-8-10-15-30(41)36-20-23-44-22-17-31(42)35-19-13-18-34-29(40)16-11-12-21-45-32-24-27(39)33(43)28(25-37)46-32/h27-28,32-33,37,39,43H,2-25H2,1H3,(H,34,40)(H,35,42)(H,36,41)/t27-,28-,32-,33-/m1/s1. The number of nitrogens with one attached hydrogen (secondary N) is 3. The van der Waals surface area contributed by atoms with Crippen molar-refractivity contribution < 1.29 is 48.7 Å². The summed E-state index contributed by atoms with van der Waals surface area (Å²) in [5.74, 6) is 0.164. The van der Waals surface area contributed by atoms with E-state index in [9.17, 15) is 34.5 Å². The van der Waals surface area contributed by atoms with Gasteiger partial charge in [-0.3, -0.25) is 19.2 Å². The zero-order valence-electron chi connectivity index (χ0n) is 28.0. The lowest BCUT2D eigenvalue weighted by molar-refractivity contribution is -0.256. The fourth-order valence-electron chi connectivity index (χ4n) is 4.96. The Labute approximate surface area is 274 Å². The van der Waals surface area contributed by atoms with Crippen molar-refractivity contribution in [2.45, 2.75) is 141 Å². The maximum Gasteiger partial charge on any atom is 0.222 e. The fourth-order valence-corrected chi connectivity index (χ4v) is 4.96. The molecule has 4 atom stereocenters. The van der Waals surface area contributed by atoms with Crippen molar-refractivity contribution in [1.82, 2.24) is 16.0 Å². The zero-order valence-corrected chi connectivity index (χ0v) is 28.0. The molecule has 0 saturated carbocycles. The Bertz CT molecular complexity index is 832. The molecule has 13 heteroatoms. The maximum atomic E-state index is 12.0. The molecule has 268 valence electrons. The third-order valence-corrected chi connectivity index (χ3v) is 7.86. The number of rotatable bonds is 29. The van der Waals surface area contributed by atoms with Crippen molar-refractivity contribution in [1.29, 1.82) is 0 Å². The minimum absolute atomic E-state index is 0.0223. The predicted molar refractivity (Wildman–Crippen MR) is 173 cm³/mol. The van der Waals surface area contributed by atoms with Gasteiger partial charge in [0, 0.05) is 64.8 Å². The van der Waals surface area contributed by atoms with Gasteiger partial charge < -0.3 is 45.5 Å². The quantitative estimate of drug-likeness (QED) is 0.0648. The number of aliphatic hydroxyl groups is 3. The van der Waals surface area contributed by atoms with Gasteiger partial charge in [0.2, 0.25) is 17.7 Å². The van der Waals surface area contributed by atoms with Gasteiger partial charge in [0.15, 0.2) is 6.29 Å². The highest BCUT2D eigenvalue weighted by Crippen LogP contribution is 2.21. The summed E-state index contributed by atoms with van der Waals surface area (Å²) in [6.45, 7) is 3.78. The number of ketones is 1. The molecule has 13 nitrogen and oxygen atoms in total. The van der Waals surface area contributed by atoms with Crippen LogP contribution in [-0.2, 0) is 33.4 Å². The van der Waals surface area contributed by atoms with Gasteiger partial charge in [0.05, 0.1) is 25.9 Å². The maximum absolute atomic E-state index is 12.0. The van der Waals surface area contributed by atoms with Gasteiger partial charge in [-0.05, 0) is 32.1 Å². The Morgan fingerprint density at radius 3 is 1.83 bits per heavy atom. The smallest absolute Gasteiger partial charge is 0.222 e. The molecule has 1 aliphatic rings. The van der Waals surface area contributed by atoms with E-state index in [1.54, 1.807) is 0 Å². The molecule has 0 aliphatic carbocycles. The predicted octanol–water partition coefficient (Wildman–Crippen LogP) is 2.03. The van der Waals surface area contributed by atoms with Gasteiger partial charge in [0.1, 0.15) is 18.0 Å². The Kier molecular flexibility index (Phi) is 25.4. The summed E-state index contributed by atoms with van der Waals surface area (Å²) in [4.78, 5) is 47.1. The molecule has 3 amide bonds. The van der Waals surface area contributed by atoms with Crippen molar-refractivity contribution in [2.75, 3.05) is 46.1 Å². The van der Waals surface area contributed by atoms with Gasteiger partial charge in [-0.1, -0.05) is 45.4 Å². The molecule has 1 rings (SSSR count). The van der Waals surface area contributed by atoms with E-state index < -0.39 is 31.2 Å². The van der Waals surface area contributed by atoms with E-state index in [0.29, 0.717) is 83.6 Å². The number of ether oxygens (including phenoxy) is 3. The number of amides is 3. The van der Waals surface area contributed by atoms with Gasteiger partial charge in [-0.25, -0.2) is 0 Å². The van der Waals surface area contributed by atoms with E-state index >= 15 is 0 Å². The first-order valence-corrected chi connectivity index (χ1v) is 17.4.